The van der Waals surface area contributed by atoms with Gasteiger partial charge in [-0.05, 0) is 63.3 Å². The van der Waals surface area contributed by atoms with E-state index in [-0.39, 0.29) is 5.82 Å². The van der Waals surface area contributed by atoms with Crippen LogP contribution in [0.3, 0.4) is 0 Å². The first-order chi connectivity index (χ1) is 8.94. The molecule has 0 saturated carbocycles. The van der Waals surface area contributed by atoms with Gasteiger partial charge in [-0.15, -0.1) is 0 Å². The van der Waals surface area contributed by atoms with Gasteiger partial charge in [0.15, 0.2) is 0 Å². The fourth-order valence-electron chi connectivity index (χ4n) is 2.69. The summed E-state index contributed by atoms with van der Waals surface area (Å²) in [6.45, 7) is 6.08. The number of benzene rings is 1. The molecule has 0 amide bonds. The Labute approximate surface area is 114 Å². The highest BCUT2D eigenvalue weighted by atomic mass is 19.1. The maximum atomic E-state index is 13.5. The van der Waals surface area contributed by atoms with E-state index in [4.69, 9.17) is 0 Å². The van der Waals surface area contributed by atoms with Gasteiger partial charge in [-0.1, -0.05) is 12.1 Å². The van der Waals surface area contributed by atoms with E-state index in [0.717, 1.165) is 32.5 Å². The minimum atomic E-state index is -1.09. The second-order valence-electron chi connectivity index (χ2n) is 6.16. The van der Waals surface area contributed by atoms with Gasteiger partial charge in [-0.2, -0.15) is 0 Å². The van der Waals surface area contributed by atoms with Crippen LogP contribution < -0.4 is 0 Å². The van der Waals surface area contributed by atoms with Gasteiger partial charge in [0, 0.05) is 13.1 Å². The Morgan fingerprint density at radius 1 is 1.26 bits per heavy atom. The molecule has 2 rings (SSSR count). The van der Waals surface area contributed by atoms with Gasteiger partial charge in [0.2, 0.25) is 0 Å². The monoisotopic (exact) mass is 267 g/mol. The third-order valence-corrected chi connectivity index (χ3v) is 3.87. The van der Waals surface area contributed by atoms with Crippen LogP contribution in [0.4, 0.5) is 8.78 Å². The lowest BCUT2D eigenvalue weighted by Gasteiger charge is -2.34. The van der Waals surface area contributed by atoms with Crippen LogP contribution in [0.15, 0.2) is 24.3 Å². The molecule has 0 spiro atoms. The summed E-state index contributed by atoms with van der Waals surface area (Å²) < 4.78 is 26.5. The molecular formula is C16H23F2N. The van der Waals surface area contributed by atoms with Crippen molar-refractivity contribution in [3.8, 4) is 0 Å². The number of rotatable bonds is 4. The molecule has 0 aliphatic carbocycles. The van der Waals surface area contributed by atoms with Gasteiger partial charge in [0.25, 0.3) is 0 Å². The molecule has 1 nitrogen and oxygen atoms in total. The maximum absolute atomic E-state index is 13.5. The molecule has 1 aliphatic rings. The van der Waals surface area contributed by atoms with Gasteiger partial charge in [0.05, 0.1) is 0 Å². The first kappa shape index (κ1) is 14.4. The van der Waals surface area contributed by atoms with Crippen molar-refractivity contribution in [1.29, 1.82) is 0 Å². The van der Waals surface area contributed by atoms with E-state index in [2.05, 4.69) is 4.90 Å². The SMILES string of the molecule is CC(C)(F)CCN1CCCC(c2ccc(F)cc2)C1. The van der Waals surface area contributed by atoms with Crippen molar-refractivity contribution >= 4 is 0 Å². The number of piperidine rings is 1. The van der Waals surface area contributed by atoms with E-state index in [1.807, 2.05) is 12.1 Å². The van der Waals surface area contributed by atoms with Gasteiger partial charge in [-0.25, -0.2) is 8.78 Å². The minimum Gasteiger partial charge on any atom is -0.303 e. The summed E-state index contributed by atoms with van der Waals surface area (Å²) in [6.07, 6.45) is 2.85. The molecular weight excluding hydrogens is 244 g/mol. The first-order valence-electron chi connectivity index (χ1n) is 7.11. The fraction of sp³-hybridized carbons (Fsp3) is 0.625. The number of halogens is 2. The van der Waals surface area contributed by atoms with E-state index >= 15 is 0 Å². The first-order valence-corrected chi connectivity index (χ1v) is 7.11. The summed E-state index contributed by atoms with van der Waals surface area (Å²) in [5, 5.41) is 0. The highest BCUT2D eigenvalue weighted by Crippen LogP contribution is 2.27. The number of nitrogens with zero attached hydrogens (tertiary/aromatic N) is 1. The number of alkyl halides is 1. The quantitative estimate of drug-likeness (QED) is 0.792. The third kappa shape index (κ3) is 4.57. The van der Waals surface area contributed by atoms with Crippen molar-refractivity contribution < 1.29 is 8.78 Å². The van der Waals surface area contributed by atoms with E-state index in [9.17, 15) is 8.78 Å². The van der Waals surface area contributed by atoms with Crippen molar-refractivity contribution in [2.45, 2.75) is 44.7 Å². The average molecular weight is 267 g/mol. The van der Waals surface area contributed by atoms with Gasteiger partial charge >= 0.3 is 0 Å². The van der Waals surface area contributed by atoms with Crippen molar-refractivity contribution in [1.82, 2.24) is 4.90 Å². The lowest BCUT2D eigenvalue weighted by molar-refractivity contribution is 0.142. The standard InChI is InChI=1S/C16H23F2N/c1-16(2,18)9-11-19-10-3-4-14(12-19)13-5-7-15(17)8-6-13/h5-8,14H,3-4,9-12H2,1-2H3. The second kappa shape index (κ2) is 6.00. The van der Waals surface area contributed by atoms with E-state index in [0.29, 0.717) is 12.3 Å². The number of likely N-dealkylation sites (tertiary alicyclic amines) is 1. The van der Waals surface area contributed by atoms with Gasteiger partial charge in [-0.3, -0.25) is 0 Å². The predicted octanol–water partition coefficient (Wildman–Crippen LogP) is 4.14. The van der Waals surface area contributed by atoms with Crippen LogP contribution in [0, 0.1) is 5.82 Å². The summed E-state index contributed by atoms with van der Waals surface area (Å²) in [7, 11) is 0. The molecule has 3 heteroatoms. The van der Waals surface area contributed by atoms with Crippen LogP contribution in [0.25, 0.3) is 0 Å². The Balaban J connectivity index is 1.91. The highest BCUT2D eigenvalue weighted by Gasteiger charge is 2.23. The normalized spacial score (nSPS) is 21.6. The minimum absolute atomic E-state index is 0.185. The Kier molecular flexibility index (Phi) is 4.56. The third-order valence-electron chi connectivity index (χ3n) is 3.87. The highest BCUT2D eigenvalue weighted by molar-refractivity contribution is 5.21. The average Bonchev–Trinajstić information content (AvgIpc) is 2.37. The zero-order valence-electron chi connectivity index (χ0n) is 11.8. The molecule has 1 aromatic rings. The molecule has 1 atom stereocenters. The fourth-order valence-corrected chi connectivity index (χ4v) is 2.69. The molecule has 0 aromatic heterocycles. The summed E-state index contributed by atoms with van der Waals surface area (Å²) in [5.41, 5.74) is 0.105. The van der Waals surface area contributed by atoms with Crippen LogP contribution >= 0.6 is 0 Å². The van der Waals surface area contributed by atoms with Crippen LogP contribution in [0.1, 0.15) is 44.6 Å². The molecule has 0 radical (unpaired) electrons. The van der Waals surface area contributed by atoms with Gasteiger partial charge < -0.3 is 4.90 Å². The zero-order valence-corrected chi connectivity index (χ0v) is 11.8. The summed E-state index contributed by atoms with van der Waals surface area (Å²) in [4.78, 5) is 2.33. The topological polar surface area (TPSA) is 3.24 Å². The summed E-state index contributed by atoms with van der Waals surface area (Å²) in [5.74, 6) is 0.271. The second-order valence-corrected chi connectivity index (χ2v) is 6.16. The van der Waals surface area contributed by atoms with E-state index in [1.54, 1.807) is 13.8 Å². The molecule has 1 fully saturated rings. The van der Waals surface area contributed by atoms with Crippen molar-refractivity contribution in [2.24, 2.45) is 0 Å². The maximum Gasteiger partial charge on any atom is 0.123 e. The Morgan fingerprint density at radius 2 is 1.95 bits per heavy atom. The van der Waals surface area contributed by atoms with Crippen LogP contribution in [0.5, 0.6) is 0 Å². The molecule has 1 aliphatic heterocycles. The predicted molar refractivity (Wildman–Crippen MR) is 74.6 cm³/mol. The molecule has 19 heavy (non-hydrogen) atoms. The lowest BCUT2D eigenvalue weighted by Crippen LogP contribution is -2.37. The Hall–Kier alpha value is -0.960. The van der Waals surface area contributed by atoms with Crippen LogP contribution in [-0.2, 0) is 0 Å². The lowest BCUT2D eigenvalue weighted by atomic mass is 9.90. The molecule has 1 heterocycles. The van der Waals surface area contributed by atoms with Crippen molar-refractivity contribution in [3.63, 3.8) is 0 Å². The largest absolute Gasteiger partial charge is 0.303 e. The summed E-state index contributed by atoms with van der Waals surface area (Å²) in [6, 6.07) is 6.81. The molecule has 0 bridgehead atoms. The smallest absolute Gasteiger partial charge is 0.123 e. The number of hydrogen-bond acceptors (Lipinski definition) is 1. The van der Waals surface area contributed by atoms with E-state index in [1.165, 1.54) is 17.7 Å². The number of hydrogen-bond donors (Lipinski definition) is 0. The molecule has 1 saturated heterocycles. The molecule has 1 aromatic carbocycles. The molecule has 106 valence electrons. The summed E-state index contributed by atoms with van der Waals surface area (Å²) >= 11 is 0. The van der Waals surface area contributed by atoms with Crippen LogP contribution in [-0.4, -0.2) is 30.2 Å². The zero-order chi connectivity index (χ0) is 13.9. The Morgan fingerprint density at radius 3 is 2.58 bits per heavy atom. The Bertz CT molecular complexity index is 394. The van der Waals surface area contributed by atoms with Crippen molar-refractivity contribution in [3.05, 3.63) is 35.6 Å². The molecule has 1 unspecified atom stereocenters. The van der Waals surface area contributed by atoms with Gasteiger partial charge in [0.1, 0.15) is 11.5 Å². The molecule has 0 N–H and O–H groups in total. The van der Waals surface area contributed by atoms with Crippen LogP contribution in [0.2, 0.25) is 0 Å². The van der Waals surface area contributed by atoms with Crippen molar-refractivity contribution in [2.75, 3.05) is 19.6 Å². The van der Waals surface area contributed by atoms with E-state index < -0.39 is 5.67 Å².